The fraction of sp³-hybridized carbons (Fsp3) is 0.538. The Hall–Kier alpha value is -1.07. The standard InChI is InChI=1S/C13H21NO3S/c1-5-17-13-7-6-10(2)8-11(13)12(14-3)9-18(4,15)16/h6-8,12,14H,5,9H2,1-4H3. The largest absolute Gasteiger partial charge is 0.494 e. The molecule has 0 saturated heterocycles. The van der Waals surface area contributed by atoms with Gasteiger partial charge in [0.1, 0.15) is 15.6 Å². The average molecular weight is 271 g/mol. The van der Waals surface area contributed by atoms with E-state index in [9.17, 15) is 8.42 Å². The van der Waals surface area contributed by atoms with Gasteiger partial charge in [-0.1, -0.05) is 17.7 Å². The van der Waals surface area contributed by atoms with Crippen LogP contribution in [0.2, 0.25) is 0 Å². The van der Waals surface area contributed by atoms with Crippen LogP contribution >= 0.6 is 0 Å². The Bertz CT molecular complexity index is 497. The van der Waals surface area contributed by atoms with Crippen molar-refractivity contribution in [2.75, 3.05) is 25.7 Å². The summed E-state index contributed by atoms with van der Waals surface area (Å²) in [6, 6.07) is 5.57. The van der Waals surface area contributed by atoms with E-state index >= 15 is 0 Å². The number of nitrogens with one attached hydrogen (secondary N) is 1. The minimum Gasteiger partial charge on any atom is -0.494 e. The van der Waals surface area contributed by atoms with Crippen LogP contribution in [-0.4, -0.2) is 34.1 Å². The van der Waals surface area contributed by atoms with Gasteiger partial charge in [0.25, 0.3) is 0 Å². The van der Waals surface area contributed by atoms with Crippen molar-refractivity contribution in [2.45, 2.75) is 19.9 Å². The molecule has 0 radical (unpaired) electrons. The van der Waals surface area contributed by atoms with E-state index in [4.69, 9.17) is 4.74 Å². The molecule has 0 aliphatic carbocycles. The lowest BCUT2D eigenvalue weighted by atomic mass is 10.0. The number of ether oxygens (including phenoxy) is 1. The van der Waals surface area contributed by atoms with Gasteiger partial charge in [0, 0.05) is 17.9 Å². The van der Waals surface area contributed by atoms with Gasteiger partial charge >= 0.3 is 0 Å². The molecule has 0 heterocycles. The molecule has 0 aliphatic heterocycles. The lowest BCUT2D eigenvalue weighted by Crippen LogP contribution is -2.25. The minimum atomic E-state index is -3.05. The summed E-state index contributed by atoms with van der Waals surface area (Å²) in [5.41, 5.74) is 1.98. The van der Waals surface area contributed by atoms with Crippen LogP contribution in [0.3, 0.4) is 0 Å². The van der Waals surface area contributed by atoms with Crippen LogP contribution in [0.5, 0.6) is 5.75 Å². The third kappa shape index (κ3) is 4.31. The molecule has 0 aromatic heterocycles. The molecule has 0 fully saturated rings. The van der Waals surface area contributed by atoms with Gasteiger partial charge in [0.2, 0.25) is 0 Å². The van der Waals surface area contributed by atoms with Crippen LogP contribution in [0.1, 0.15) is 24.1 Å². The van der Waals surface area contributed by atoms with E-state index in [1.54, 1.807) is 7.05 Å². The Morgan fingerprint density at radius 3 is 2.56 bits per heavy atom. The summed E-state index contributed by atoms with van der Waals surface area (Å²) in [6.45, 7) is 4.45. The summed E-state index contributed by atoms with van der Waals surface area (Å²) in [5, 5.41) is 3.04. The maximum Gasteiger partial charge on any atom is 0.149 e. The van der Waals surface area contributed by atoms with Gasteiger partial charge in [-0.15, -0.1) is 0 Å². The SMILES string of the molecule is CCOc1ccc(C)cc1C(CS(C)(=O)=O)NC. The molecule has 1 unspecified atom stereocenters. The highest BCUT2D eigenvalue weighted by molar-refractivity contribution is 7.90. The van der Waals surface area contributed by atoms with Crippen molar-refractivity contribution in [1.82, 2.24) is 5.32 Å². The molecule has 1 rings (SSSR count). The third-order valence-corrected chi connectivity index (χ3v) is 3.60. The summed E-state index contributed by atoms with van der Waals surface area (Å²) >= 11 is 0. The maximum absolute atomic E-state index is 11.4. The first-order valence-electron chi connectivity index (χ1n) is 5.95. The fourth-order valence-electron chi connectivity index (χ4n) is 1.86. The van der Waals surface area contributed by atoms with Crippen molar-refractivity contribution in [3.8, 4) is 5.75 Å². The monoisotopic (exact) mass is 271 g/mol. The van der Waals surface area contributed by atoms with Gasteiger partial charge in [-0.05, 0) is 27.0 Å². The number of aryl methyl sites for hydroxylation is 1. The maximum atomic E-state index is 11.4. The molecule has 18 heavy (non-hydrogen) atoms. The molecule has 4 nitrogen and oxygen atoms in total. The van der Waals surface area contributed by atoms with Gasteiger partial charge in [-0.2, -0.15) is 0 Å². The quantitative estimate of drug-likeness (QED) is 0.855. The lowest BCUT2D eigenvalue weighted by Gasteiger charge is -2.19. The molecule has 1 atom stereocenters. The van der Waals surface area contributed by atoms with Crippen LogP contribution < -0.4 is 10.1 Å². The Labute approximate surface area is 109 Å². The highest BCUT2D eigenvalue weighted by Crippen LogP contribution is 2.27. The summed E-state index contributed by atoms with van der Waals surface area (Å²) in [4.78, 5) is 0. The summed E-state index contributed by atoms with van der Waals surface area (Å²) in [5.74, 6) is 0.804. The highest BCUT2D eigenvalue weighted by atomic mass is 32.2. The van der Waals surface area contributed by atoms with Crippen LogP contribution in [0.4, 0.5) is 0 Å². The summed E-state index contributed by atoms with van der Waals surface area (Å²) < 4.78 is 28.4. The topological polar surface area (TPSA) is 55.4 Å². The van der Waals surface area contributed by atoms with E-state index in [-0.39, 0.29) is 11.8 Å². The first-order chi connectivity index (χ1) is 8.37. The predicted octanol–water partition coefficient (Wildman–Crippen LogP) is 1.70. The van der Waals surface area contributed by atoms with Gasteiger partial charge < -0.3 is 10.1 Å². The predicted molar refractivity (Wildman–Crippen MR) is 73.9 cm³/mol. The molecular formula is C13H21NO3S. The fourth-order valence-corrected chi connectivity index (χ4v) is 2.81. The van der Waals surface area contributed by atoms with Crippen molar-refractivity contribution in [3.05, 3.63) is 29.3 Å². The number of benzene rings is 1. The molecule has 0 aliphatic rings. The van der Waals surface area contributed by atoms with Crippen molar-refractivity contribution in [2.24, 2.45) is 0 Å². The second-order valence-corrected chi connectivity index (χ2v) is 6.59. The zero-order valence-electron chi connectivity index (χ0n) is 11.4. The average Bonchev–Trinajstić information content (AvgIpc) is 2.27. The van der Waals surface area contributed by atoms with Crippen molar-refractivity contribution < 1.29 is 13.2 Å². The first kappa shape index (κ1) is 15.0. The van der Waals surface area contributed by atoms with Crippen molar-refractivity contribution in [3.63, 3.8) is 0 Å². The van der Waals surface area contributed by atoms with Crippen LogP contribution in [0.15, 0.2) is 18.2 Å². The van der Waals surface area contributed by atoms with Gasteiger partial charge in [0.05, 0.1) is 12.4 Å². The van der Waals surface area contributed by atoms with Crippen molar-refractivity contribution >= 4 is 9.84 Å². The second-order valence-electron chi connectivity index (χ2n) is 4.41. The zero-order chi connectivity index (χ0) is 13.8. The Balaban J connectivity index is 3.14. The molecule has 0 spiro atoms. The molecular weight excluding hydrogens is 250 g/mol. The minimum absolute atomic E-state index is 0.0625. The van der Waals surface area contributed by atoms with E-state index < -0.39 is 9.84 Å². The Morgan fingerprint density at radius 2 is 2.06 bits per heavy atom. The van der Waals surface area contributed by atoms with E-state index in [2.05, 4.69) is 5.32 Å². The van der Waals surface area contributed by atoms with Gasteiger partial charge in [-0.3, -0.25) is 0 Å². The summed E-state index contributed by atoms with van der Waals surface area (Å²) in [6.07, 6.45) is 1.24. The molecule has 0 bridgehead atoms. The van der Waals surface area contributed by atoms with E-state index in [1.807, 2.05) is 32.0 Å². The van der Waals surface area contributed by atoms with E-state index in [0.717, 1.165) is 16.9 Å². The molecule has 0 amide bonds. The Morgan fingerprint density at radius 1 is 1.39 bits per heavy atom. The molecule has 1 aromatic rings. The smallest absolute Gasteiger partial charge is 0.149 e. The third-order valence-electron chi connectivity index (χ3n) is 2.66. The summed E-state index contributed by atoms with van der Waals surface area (Å²) in [7, 11) is -1.29. The van der Waals surface area contributed by atoms with Crippen LogP contribution in [0.25, 0.3) is 0 Å². The number of sulfone groups is 1. The van der Waals surface area contributed by atoms with Crippen LogP contribution in [-0.2, 0) is 9.84 Å². The molecule has 102 valence electrons. The van der Waals surface area contributed by atoms with E-state index in [1.165, 1.54) is 6.26 Å². The normalized spacial score (nSPS) is 13.3. The number of rotatable bonds is 6. The van der Waals surface area contributed by atoms with Gasteiger partial charge in [0.15, 0.2) is 0 Å². The highest BCUT2D eigenvalue weighted by Gasteiger charge is 2.19. The molecule has 0 saturated carbocycles. The lowest BCUT2D eigenvalue weighted by molar-refractivity contribution is 0.333. The Kier molecular flexibility index (Phi) is 5.16. The zero-order valence-corrected chi connectivity index (χ0v) is 12.2. The number of hydrogen-bond acceptors (Lipinski definition) is 4. The van der Waals surface area contributed by atoms with Crippen LogP contribution in [0, 0.1) is 6.92 Å². The van der Waals surface area contributed by atoms with Crippen molar-refractivity contribution in [1.29, 1.82) is 0 Å². The first-order valence-corrected chi connectivity index (χ1v) is 8.01. The molecule has 1 aromatic carbocycles. The van der Waals surface area contributed by atoms with Gasteiger partial charge in [-0.25, -0.2) is 8.42 Å². The molecule has 5 heteroatoms. The number of hydrogen-bond donors (Lipinski definition) is 1. The second kappa shape index (κ2) is 6.20. The molecule has 1 N–H and O–H groups in total. The van der Waals surface area contributed by atoms with E-state index in [0.29, 0.717) is 6.61 Å².